The van der Waals surface area contributed by atoms with Crippen molar-refractivity contribution in [3.63, 3.8) is 0 Å². The molecule has 1 aromatic rings. The Morgan fingerprint density at radius 2 is 1.97 bits per heavy atom. The van der Waals surface area contributed by atoms with Crippen LogP contribution in [0.1, 0.15) is 40.0 Å². The zero-order valence-electron chi connectivity index (χ0n) is 17.6. The number of methoxy groups -OCH3 is 2. The Morgan fingerprint density at radius 3 is 2.59 bits per heavy atom. The molecular weight excluding hydrogens is 374 g/mol. The Labute approximate surface area is 170 Å². The van der Waals surface area contributed by atoms with Crippen LogP contribution >= 0.6 is 0 Å². The van der Waals surface area contributed by atoms with Crippen LogP contribution in [0.15, 0.2) is 18.2 Å². The molecule has 2 fully saturated rings. The molecule has 8 nitrogen and oxygen atoms in total. The molecule has 3 rings (SSSR count). The van der Waals surface area contributed by atoms with Crippen molar-refractivity contribution in [1.82, 2.24) is 10.2 Å². The van der Waals surface area contributed by atoms with E-state index < -0.39 is 17.5 Å². The van der Waals surface area contributed by atoms with Crippen LogP contribution in [0.2, 0.25) is 0 Å². The summed E-state index contributed by atoms with van der Waals surface area (Å²) in [6.07, 6.45) is 2.15. The Balaban J connectivity index is 1.73. The largest absolute Gasteiger partial charge is 0.497 e. The highest BCUT2D eigenvalue weighted by atomic mass is 16.5. The zero-order chi connectivity index (χ0) is 21.4. The number of rotatable bonds is 5. The van der Waals surface area contributed by atoms with Crippen molar-refractivity contribution in [1.29, 1.82) is 0 Å². The minimum absolute atomic E-state index is 0.0602. The number of ether oxygens (including phenoxy) is 2. The van der Waals surface area contributed by atoms with Gasteiger partial charge in [0.2, 0.25) is 5.91 Å². The number of nitrogens with one attached hydrogen (secondary N) is 2. The summed E-state index contributed by atoms with van der Waals surface area (Å²) in [6, 6.07) is 4.46. The van der Waals surface area contributed by atoms with E-state index in [1.54, 1.807) is 18.2 Å². The van der Waals surface area contributed by atoms with Crippen LogP contribution in [0.5, 0.6) is 11.5 Å². The lowest BCUT2D eigenvalue weighted by Crippen LogP contribution is -2.54. The monoisotopic (exact) mass is 403 g/mol. The first kappa shape index (κ1) is 21.0. The molecule has 0 aromatic heterocycles. The van der Waals surface area contributed by atoms with Crippen LogP contribution in [-0.4, -0.2) is 49.0 Å². The van der Waals surface area contributed by atoms with Gasteiger partial charge in [-0.05, 0) is 42.7 Å². The molecule has 1 saturated heterocycles. The summed E-state index contributed by atoms with van der Waals surface area (Å²) >= 11 is 0. The van der Waals surface area contributed by atoms with Crippen LogP contribution in [0.25, 0.3) is 0 Å². The molecule has 2 atom stereocenters. The minimum Gasteiger partial charge on any atom is -0.497 e. The quantitative estimate of drug-likeness (QED) is 0.737. The van der Waals surface area contributed by atoms with Gasteiger partial charge >= 0.3 is 6.03 Å². The first-order valence-corrected chi connectivity index (χ1v) is 9.75. The Hall–Kier alpha value is -2.77. The Morgan fingerprint density at radius 1 is 1.24 bits per heavy atom. The van der Waals surface area contributed by atoms with Crippen LogP contribution in [0.4, 0.5) is 10.5 Å². The third kappa shape index (κ3) is 4.16. The third-order valence-electron chi connectivity index (χ3n) is 5.61. The van der Waals surface area contributed by atoms with Crippen LogP contribution in [0, 0.1) is 11.3 Å². The van der Waals surface area contributed by atoms with Gasteiger partial charge in [0.1, 0.15) is 23.6 Å². The number of hydrogen-bond donors (Lipinski definition) is 2. The van der Waals surface area contributed by atoms with E-state index in [1.807, 2.05) is 0 Å². The fraction of sp³-hybridized carbons (Fsp3) is 0.571. The molecule has 1 heterocycles. The molecule has 8 heteroatoms. The Kier molecular flexibility index (Phi) is 5.47. The van der Waals surface area contributed by atoms with Crippen LogP contribution in [-0.2, 0) is 9.59 Å². The molecule has 1 spiro atoms. The van der Waals surface area contributed by atoms with E-state index in [0.29, 0.717) is 35.9 Å². The number of imide groups is 1. The van der Waals surface area contributed by atoms with E-state index in [0.717, 1.165) is 11.3 Å². The smallest absolute Gasteiger partial charge is 0.325 e. The van der Waals surface area contributed by atoms with Crippen molar-refractivity contribution in [2.75, 3.05) is 26.1 Å². The number of anilines is 1. The number of amides is 4. The molecule has 1 aliphatic heterocycles. The lowest BCUT2D eigenvalue weighted by molar-refractivity contribution is -0.136. The number of carbonyl (C=O) groups is 3. The van der Waals surface area contributed by atoms with Gasteiger partial charge in [0.15, 0.2) is 0 Å². The summed E-state index contributed by atoms with van der Waals surface area (Å²) in [5.74, 6) is 0.524. The second-order valence-corrected chi connectivity index (χ2v) is 8.87. The second kappa shape index (κ2) is 7.57. The normalized spacial score (nSPS) is 25.7. The molecule has 2 aliphatic rings. The fourth-order valence-electron chi connectivity index (χ4n) is 4.88. The van der Waals surface area contributed by atoms with Crippen molar-refractivity contribution >= 4 is 23.5 Å². The van der Waals surface area contributed by atoms with Gasteiger partial charge in [-0.15, -0.1) is 0 Å². The van der Waals surface area contributed by atoms with Crippen molar-refractivity contribution in [3.05, 3.63) is 18.2 Å². The number of benzene rings is 1. The van der Waals surface area contributed by atoms with Gasteiger partial charge in [0.25, 0.3) is 5.91 Å². The van der Waals surface area contributed by atoms with Crippen molar-refractivity contribution in [3.8, 4) is 11.5 Å². The fourth-order valence-corrected chi connectivity index (χ4v) is 4.88. The van der Waals surface area contributed by atoms with Crippen molar-refractivity contribution in [2.45, 2.75) is 45.6 Å². The third-order valence-corrected chi connectivity index (χ3v) is 5.61. The maximum atomic E-state index is 13.1. The maximum absolute atomic E-state index is 13.1. The SMILES string of the molecule is COc1ccc(NC(=O)CN2C(=O)N[C@]3(C[C@@H](C)CC(C)(C)C3)C2=O)c(OC)c1. The highest BCUT2D eigenvalue weighted by Gasteiger charge is 2.56. The van der Waals surface area contributed by atoms with Gasteiger partial charge in [0, 0.05) is 6.07 Å². The average Bonchev–Trinajstić information content (AvgIpc) is 2.83. The van der Waals surface area contributed by atoms with Crippen LogP contribution < -0.4 is 20.1 Å². The van der Waals surface area contributed by atoms with Gasteiger partial charge in [-0.1, -0.05) is 20.8 Å². The molecular formula is C21H29N3O5. The van der Waals surface area contributed by atoms with Gasteiger partial charge in [0.05, 0.1) is 19.9 Å². The lowest BCUT2D eigenvalue weighted by Gasteiger charge is -2.43. The maximum Gasteiger partial charge on any atom is 0.325 e. The standard InChI is InChI=1S/C21H29N3O5/c1-13-9-20(2,3)12-21(10-13)18(26)24(19(27)23-21)11-17(25)22-15-7-6-14(28-4)8-16(15)29-5/h6-8,13H,9-12H2,1-5H3,(H,22,25)(H,23,27)/t13-,21-/m0/s1. The van der Waals surface area contributed by atoms with E-state index in [4.69, 9.17) is 9.47 Å². The molecule has 29 heavy (non-hydrogen) atoms. The summed E-state index contributed by atoms with van der Waals surface area (Å²) in [7, 11) is 3.02. The average molecular weight is 403 g/mol. The van der Waals surface area contributed by atoms with Crippen molar-refractivity contribution < 1.29 is 23.9 Å². The first-order chi connectivity index (χ1) is 13.6. The molecule has 0 bridgehead atoms. The second-order valence-electron chi connectivity index (χ2n) is 8.87. The van der Waals surface area contributed by atoms with Gasteiger partial charge in [-0.3, -0.25) is 14.5 Å². The summed E-state index contributed by atoms with van der Waals surface area (Å²) in [5, 5.41) is 5.58. The molecule has 1 saturated carbocycles. The lowest BCUT2D eigenvalue weighted by atomic mass is 9.64. The van der Waals surface area contributed by atoms with E-state index in [9.17, 15) is 14.4 Å². The highest BCUT2D eigenvalue weighted by Crippen LogP contribution is 2.46. The van der Waals surface area contributed by atoms with E-state index >= 15 is 0 Å². The summed E-state index contributed by atoms with van der Waals surface area (Å²) in [4.78, 5) is 39.3. The summed E-state index contributed by atoms with van der Waals surface area (Å²) in [6.45, 7) is 5.95. The van der Waals surface area contributed by atoms with Gasteiger partial charge < -0.3 is 20.1 Å². The van der Waals surface area contributed by atoms with Crippen LogP contribution in [0.3, 0.4) is 0 Å². The molecule has 1 aliphatic carbocycles. The number of hydrogen-bond acceptors (Lipinski definition) is 5. The van der Waals surface area contributed by atoms with E-state index in [1.165, 1.54) is 14.2 Å². The molecule has 4 amide bonds. The molecule has 2 N–H and O–H groups in total. The predicted octanol–water partition coefficient (Wildman–Crippen LogP) is 2.78. The summed E-state index contributed by atoms with van der Waals surface area (Å²) in [5.41, 5.74) is -0.543. The first-order valence-electron chi connectivity index (χ1n) is 9.75. The minimum atomic E-state index is -0.920. The van der Waals surface area contributed by atoms with Gasteiger partial charge in [-0.25, -0.2) is 4.79 Å². The highest BCUT2D eigenvalue weighted by molar-refractivity contribution is 6.10. The number of carbonyl (C=O) groups excluding carboxylic acids is 3. The molecule has 1 aromatic carbocycles. The molecule has 0 radical (unpaired) electrons. The zero-order valence-corrected chi connectivity index (χ0v) is 17.6. The predicted molar refractivity (Wildman–Crippen MR) is 108 cm³/mol. The van der Waals surface area contributed by atoms with Gasteiger partial charge in [-0.2, -0.15) is 0 Å². The van der Waals surface area contributed by atoms with E-state index in [-0.39, 0.29) is 17.9 Å². The number of nitrogens with zero attached hydrogens (tertiary/aromatic N) is 1. The molecule has 158 valence electrons. The summed E-state index contributed by atoms with van der Waals surface area (Å²) < 4.78 is 10.4. The Bertz CT molecular complexity index is 838. The van der Waals surface area contributed by atoms with E-state index in [2.05, 4.69) is 31.4 Å². The topological polar surface area (TPSA) is 97.0 Å². The van der Waals surface area contributed by atoms with Crippen molar-refractivity contribution in [2.24, 2.45) is 11.3 Å². The molecule has 0 unspecified atom stereocenters. The number of urea groups is 1.